The van der Waals surface area contributed by atoms with E-state index in [1.54, 1.807) is 18.2 Å². The molecule has 0 saturated carbocycles. The summed E-state index contributed by atoms with van der Waals surface area (Å²) < 4.78 is 17.0. The van der Waals surface area contributed by atoms with Crippen molar-refractivity contribution in [3.05, 3.63) is 62.1 Å². The van der Waals surface area contributed by atoms with Crippen LogP contribution >= 0.6 is 15.9 Å². The van der Waals surface area contributed by atoms with Crippen molar-refractivity contribution in [2.75, 3.05) is 14.2 Å². The molecule has 1 aliphatic rings. The van der Waals surface area contributed by atoms with Gasteiger partial charge in [0, 0.05) is 23.0 Å². The quantitative estimate of drug-likeness (QED) is 0.509. The fraction of sp³-hybridized carbons (Fsp3) is 0.222. The first kappa shape index (κ1) is 19.6. The molecule has 1 atom stereocenters. The maximum absolute atomic E-state index is 12.1. The highest BCUT2D eigenvalue weighted by Gasteiger charge is 2.36. The van der Waals surface area contributed by atoms with E-state index in [-0.39, 0.29) is 34.6 Å². The summed E-state index contributed by atoms with van der Waals surface area (Å²) in [5.41, 5.74) is 0.452. The van der Waals surface area contributed by atoms with Crippen molar-refractivity contribution in [2.45, 2.75) is 13.2 Å². The van der Waals surface area contributed by atoms with Crippen LogP contribution in [0.2, 0.25) is 0 Å². The number of nitro groups is 1. The van der Waals surface area contributed by atoms with E-state index in [4.69, 9.17) is 14.2 Å². The monoisotopic (exact) mass is 449 g/mol. The molecular weight excluding hydrogens is 434 g/mol. The Bertz CT molecular complexity index is 978. The number of hydrogen-bond acceptors (Lipinski definition) is 7. The molecule has 0 radical (unpaired) electrons. The van der Waals surface area contributed by atoms with Gasteiger partial charge in [0.15, 0.2) is 11.5 Å². The summed E-state index contributed by atoms with van der Waals surface area (Å²) >= 11 is 3.38. The predicted molar refractivity (Wildman–Crippen MR) is 103 cm³/mol. The smallest absolute Gasteiger partial charge is 0.286 e. The van der Waals surface area contributed by atoms with Gasteiger partial charge < -0.3 is 14.2 Å². The normalized spacial score (nSPS) is 15.6. The number of benzene rings is 2. The Hall–Kier alpha value is -3.14. The van der Waals surface area contributed by atoms with E-state index in [1.807, 2.05) is 6.07 Å². The molecule has 0 aromatic heterocycles. The predicted octanol–water partition coefficient (Wildman–Crippen LogP) is 3.61. The molecule has 146 valence electrons. The molecule has 3 rings (SSSR count). The van der Waals surface area contributed by atoms with E-state index >= 15 is 0 Å². The molecule has 28 heavy (non-hydrogen) atoms. The fourth-order valence-electron chi connectivity index (χ4n) is 2.74. The van der Waals surface area contributed by atoms with E-state index in [1.165, 1.54) is 33.3 Å². The van der Waals surface area contributed by atoms with Crippen LogP contribution in [0.25, 0.3) is 0 Å². The van der Waals surface area contributed by atoms with E-state index in [9.17, 15) is 14.9 Å². The lowest BCUT2D eigenvalue weighted by atomic mass is 10.1. The largest absolute Gasteiger partial charge is 0.493 e. The van der Waals surface area contributed by atoms with Crippen LogP contribution in [0.1, 0.15) is 24.3 Å². The molecule has 0 aliphatic carbocycles. The SMILES string of the molecule is COc1cc(C2=NN(C(C)=O)C(c3cccc(Br)c3)O2)c([N+](=O)[O-])cc1OC. The second kappa shape index (κ2) is 7.85. The number of carbonyl (C=O) groups excluding carboxylic acids is 1. The molecule has 1 aliphatic heterocycles. The zero-order valence-corrected chi connectivity index (χ0v) is 16.8. The van der Waals surface area contributed by atoms with Crippen molar-refractivity contribution >= 4 is 33.4 Å². The van der Waals surface area contributed by atoms with Crippen LogP contribution in [0.5, 0.6) is 11.5 Å². The van der Waals surface area contributed by atoms with Gasteiger partial charge in [0.05, 0.1) is 25.2 Å². The van der Waals surface area contributed by atoms with Crippen molar-refractivity contribution in [2.24, 2.45) is 5.10 Å². The Labute approximate surface area is 168 Å². The number of ether oxygens (including phenoxy) is 3. The Morgan fingerprint density at radius 1 is 1.25 bits per heavy atom. The first-order valence-corrected chi connectivity index (χ1v) is 8.86. The second-order valence-corrected chi connectivity index (χ2v) is 6.69. The van der Waals surface area contributed by atoms with Crippen molar-refractivity contribution in [1.82, 2.24) is 5.01 Å². The van der Waals surface area contributed by atoms with Crippen LogP contribution in [-0.4, -0.2) is 36.0 Å². The van der Waals surface area contributed by atoms with Gasteiger partial charge in [0.2, 0.25) is 18.0 Å². The molecule has 9 nitrogen and oxygen atoms in total. The summed E-state index contributed by atoms with van der Waals surface area (Å²) in [6.07, 6.45) is -0.849. The molecule has 1 heterocycles. The second-order valence-electron chi connectivity index (χ2n) is 5.78. The van der Waals surface area contributed by atoms with Crippen LogP contribution < -0.4 is 9.47 Å². The number of rotatable bonds is 5. The lowest BCUT2D eigenvalue weighted by molar-refractivity contribution is -0.385. The molecule has 2 aromatic rings. The maximum Gasteiger partial charge on any atom is 0.286 e. The van der Waals surface area contributed by atoms with E-state index < -0.39 is 11.2 Å². The van der Waals surface area contributed by atoms with Gasteiger partial charge >= 0.3 is 0 Å². The van der Waals surface area contributed by atoms with Crippen LogP contribution in [0.4, 0.5) is 5.69 Å². The number of nitro benzene ring substituents is 1. The van der Waals surface area contributed by atoms with Crippen LogP contribution in [-0.2, 0) is 9.53 Å². The number of amides is 1. The van der Waals surface area contributed by atoms with Gasteiger partial charge in [-0.15, -0.1) is 5.10 Å². The molecule has 1 amide bonds. The lowest BCUT2D eigenvalue weighted by Gasteiger charge is -2.19. The fourth-order valence-corrected chi connectivity index (χ4v) is 3.16. The van der Waals surface area contributed by atoms with Crippen molar-refractivity contribution in [3.8, 4) is 11.5 Å². The Kier molecular flexibility index (Phi) is 5.50. The molecule has 2 aromatic carbocycles. The van der Waals surface area contributed by atoms with Gasteiger partial charge in [-0.2, -0.15) is 5.01 Å². The number of hydrogen-bond donors (Lipinski definition) is 0. The highest BCUT2D eigenvalue weighted by molar-refractivity contribution is 9.10. The molecule has 0 spiro atoms. The highest BCUT2D eigenvalue weighted by atomic mass is 79.9. The minimum atomic E-state index is -0.849. The molecule has 10 heteroatoms. The summed E-state index contributed by atoms with van der Waals surface area (Å²) in [5, 5.41) is 16.9. The Morgan fingerprint density at radius 3 is 2.50 bits per heavy atom. The van der Waals surface area contributed by atoms with E-state index in [2.05, 4.69) is 21.0 Å². The highest BCUT2D eigenvalue weighted by Crippen LogP contribution is 2.38. The average molecular weight is 450 g/mol. The van der Waals surface area contributed by atoms with Gasteiger partial charge in [-0.1, -0.05) is 28.1 Å². The van der Waals surface area contributed by atoms with Crippen molar-refractivity contribution in [1.29, 1.82) is 0 Å². The summed E-state index contributed by atoms with van der Waals surface area (Å²) in [6, 6.07) is 9.80. The number of halogens is 1. The first-order chi connectivity index (χ1) is 13.3. The first-order valence-electron chi connectivity index (χ1n) is 8.07. The van der Waals surface area contributed by atoms with Crippen LogP contribution in [0.3, 0.4) is 0 Å². The average Bonchev–Trinajstić information content (AvgIpc) is 3.12. The summed E-state index contributed by atoms with van der Waals surface area (Å²) in [4.78, 5) is 23.1. The van der Waals surface area contributed by atoms with Crippen molar-refractivity contribution < 1.29 is 23.9 Å². The molecule has 1 unspecified atom stereocenters. The van der Waals surface area contributed by atoms with E-state index in [0.717, 1.165) is 9.48 Å². The summed E-state index contributed by atoms with van der Waals surface area (Å²) in [5.74, 6) is 0.0362. The molecule has 0 saturated heterocycles. The van der Waals surface area contributed by atoms with Crippen molar-refractivity contribution in [3.63, 3.8) is 0 Å². The third-order valence-corrected chi connectivity index (χ3v) is 4.52. The molecule has 0 N–H and O–H groups in total. The maximum atomic E-state index is 12.1. The Balaban J connectivity index is 2.09. The number of carbonyl (C=O) groups is 1. The van der Waals surface area contributed by atoms with Gasteiger partial charge in [-0.3, -0.25) is 14.9 Å². The van der Waals surface area contributed by atoms with Gasteiger partial charge in [0.25, 0.3) is 5.69 Å². The minimum absolute atomic E-state index is 0.0622. The molecule has 0 bridgehead atoms. The van der Waals surface area contributed by atoms with Crippen LogP contribution in [0.15, 0.2) is 46.0 Å². The number of methoxy groups -OCH3 is 2. The summed E-state index contributed by atoms with van der Waals surface area (Å²) in [6.45, 7) is 1.34. The molecular formula is C18H16BrN3O6. The third kappa shape index (κ3) is 3.63. The zero-order valence-electron chi connectivity index (χ0n) is 15.2. The van der Waals surface area contributed by atoms with Gasteiger partial charge in [-0.25, -0.2) is 0 Å². The van der Waals surface area contributed by atoms with Gasteiger partial charge in [0.1, 0.15) is 5.56 Å². The van der Waals surface area contributed by atoms with Gasteiger partial charge in [-0.05, 0) is 12.1 Å². The third-order valence-electron chi connectivity index (χ3n) is 4.03. The summed E-state index contributed by atoms with van der Waals surface area (Å²) in [7, 11) is 2.79. The zero-order chi connectivity index (χ0) is 20.4. The number of hydrazone groups is 1. The molecule has 0 fully saturated rings. The Morgan fingerprint density at radius 2 is 1.93 bits per heavy atom. The standard InChI is InChI=1S/C18H16BrN3O6/c1-10(23)21-18(11-5-4-6-12(19)7-11)28-17(20-21)13-8-15(26-2)16(27-3)9-14(13)22(24)25/h4-9,18H,1-3H3. The minimum Gasteiger partial charge on any atom is -0.493 e. The number of nitrogens with zero attached hydrogens (tertiary/aromatic N) is 3. The van der Waals surface area contributed by atoms with E-state index in [0.29, 0.717) is 5.56 Å². The lowest BCUT2D eigenvalue weighted by Crippen LogP contribution is -2.25. The van der Waals surface area contributed by atoms with Crippen LogP contribution in [0, 0.1) is 10.1 Å². The topological polar surface area (TPSA) is 104 Å².